The third kappa shape index (κ3) is 2.50. The third-order valence-electron chi connectivity index (χ3n) is 3.51. The molecule has 0 aliphatic heterocycles. The van der Waals surface area contributed by atoms with Crippen molar-refractivity contribution in [3.63, 3.8) is 0 Å². The molecule has 2 atom stereocenters. The molecule has 1 heterocycles. The van der Waals surface area contributed by atoms with Crippen molar-refractivity contribution >= 4 is 17.6 Å². The number of aromatic nitrogens is 1. The van der Waals surface area contributed by atoms with Crippen molar-refractivity contribution in [2.24, 2.45) is 11.8 Å². The van der Waals surface area contributed by atoms with Crippen molar-refractivity contribution < 1.29 is 14.7 Å². The van der Waals surface area contributed by atoms with Crippen LogP contribution in [0.2, 0.25) is 0 Å². The quantitative estimate of drug-likeness (QED) is 0.859. The predicted octanol–water partition coefficient (Wildman–Crippen LogP) is 2.15. The number of carboxylic acids is 1. The lowest BCUT2D eigenvalue weighted by Gasteiger charge is -2.15. The van der Waals surface area contributed by atoms with Gasteiger partial charge in [0.05, 0.1) is 17.4 Å². The average Bonchev–Trinajstić information content (AvgIpc) is 2.76. The van der Waals surface area contributed by atoms with Crippen molar-refractivity contribution in [2.45, 2.75) is 26.2 Å². The maximum Gasteiger partial charge on any atom is 0.337 e. The second-order valence-corrected chi connectivity index (χ2v) is 4.73. The van der Waals surface area contributed by atoms with E-state index >= 15 is 0 Å². The smallest absolute Gasteiger partial charge is 0.337 e. The number of hydrogen-bond donors (Lipinski definition) is 2. The molecule has 1 aliphatic rings. The van der Waals surface area contributed by atoms with Crippen LogP contribution >= 0.6 is 0 Å². The summed E-state index contributed by atoms with van der Waals surface area (Å²) < 4.78 is 0. The van der Waals surface area contributed by atoms with Crippen molar-refractivity contribution in [3.05, 3.63) is 24.0 Å². The van der Waals surface area contributed by atoms with Crippen LogP contribution in [-0.4, -0.2) is 22.0 Å². The number of amides is 1. The molecular formula is C13H16N2O3. The van der Waals surface area contributed by atoms with Gasteiger partial charge in [0.1, 0.15) is 0 Å². The highest BCUT2D eigenvalue weighted by atomic mass is 16.4. The van der Waals surface area contributed by atoms with E-state index in [1.807, 2.05) is 0 Å². The summed E-state index contributed by atoms with van der Waals surface area (Å²) in [6.07, 6.45) is 5.75. The van der Waals surface area contributed by atoms with Crippen molar-refractivity contribution in [2.75, 3.05) is 5.32 Å². The predicted molar refractivity (Wildman–Crippen MR) is 66.3 cm³/mol. The molecule has 1 fully saturated rings. The molecule has 18 heavy (non-hydrogen) atoms. The normalized spacial score (nSPS) is 22.7. The maximum absolute atomic E-state index is 12.1. The number of carboxylic acid groups (broad SMARTS) is 1. The number of rotatable bonds is 3. The van der Waals surface area contributed by atoms with Crippen LogP contribution < -0.4 is 5.32 Å². The summed E-state index contributed by atoms with van der Waals surface area (Å²) in [7, 11) is 0. The van der Waals surface area contributed by atoms with Gasteiger partial charge in [0.25, 0.3) is 0 Å². The molecule has 0 aromatic carbocycles. The van der Waals surface area contributed by atoms with Crippen LogP contribution in [0.4, 0.5) is 5.69 Å². The summed E-state index contributed by atoms with van der Waals surface area (Å²) in [6.45, 7) is 2.05. The molecule has 5 nitrogen and oxygen atoms in total. The van der Waals surface area contributed by atoms with Gasteiger partial charge in [-0.25, -0.2) is 4.79 Å². The fraction of sp³-hybridized carbons (Fsp3) is 0.462. The van der Waals surface area contributed by atoms with E-state index in [0.717, 1.165) is 19.3 Å². The molecule has 0 spiro atoms. The Morgan fingerprint density at radius 1 is 1.44 bits per heavy atom. The molecule has 1 aromatic rings. The van der Waals surface area contributed by atoms with Crippen molar-refractivity contribution in [3.8, 4) is 0 Å². The molecule has 2 rings (SSSR count). The molecule has 2 N–H and O–H groups in total. The Morgan fingerprint density at radius 3 is 2.83 bits per heavy atom. The lowest BCUT2D eigenvalue weighted by molar-refractivity contribution is -0.120. The second-order valence-electron chi connectivity index (χ2n) is 4.73. The Morgan fingerprint density at radius 2 is 2.22 bits per heavy atom. The van der Waals surface area contributed by atoms with Crippen LogP contribution in [0.25, 0.3) is 0 Å². The highest BCUT2D eigenvalue weighted by Gasteiger charge is 2.30. The highest BCUT2D eigenvalue weighted by molar-refractivity contribution is 6.00. The Labute approximate surface area is 105 Å². The summed E-state index contributed by atoms with van der Waals surface area (Å²) in [5, 5.41) is 11.7. The van der Waals surface area contributed by atoms with E-state index in [-0.39, 0.29) is 23.1 Å². The fourth-order valence-corrected chi connectivity index (χ4v) is 2.44. The van der Waals surface area contributed by atoms with Gasteiger partial charge in [-0.3, -0.25) is 9.78 Å². The van der Waals surface area contributed by atoms with E-state index in [1.54, 1.807) is 0 Å². The monoisotopic (exact) mass is 248 g/mol. The zero-order valence-electron chi connectivity index (χ0n) is 10.2. The summed E-state index contributed by atoms with van der Waals surface area (Å²) in [4.78, 5) is 26.9. The summed E-state index contributed by atoms with van der Waals surface area (Å²) in [6, 6.07) is 1.38. The summed E-state index contributed by atoms with van der Waals surface area (Å²) in [5.41, 5.74) is 0.345. The van der Waals surface area contributed by atoms with Crippen LogP contribution in [-0.2, 0) is 4.79 Å². The zero-order chi connectivity index (χ0) is 13.1. The molecule has 1 amide bonds. The van der Waals surface area contributed by atoms with Crippen LogP contribution in [0.3, 0.4) is 0 Å². The van der Waals surface area contributed by atoms with Gasteiger partial charge in [-0.15, -0.1) is 0 Å². The number of hydrogen-bond acceptors (Lipinski definition) is 3. The molecule has 1 aliphatic carbocycles. The number of anilines is 1. The molecule has 5 heteroatoms. The number of nitrogens with zero attached hydrogens (tertiary/aromatic N) is 1. The standard InChI is InChI=1S/C13H16N2O3/c1-8-3-2-4-9(8)12(16)15-11-7-14-6-5-10(11)13(17)18/h5-9H,2-4H2,1H3,(H,15,16)(H,17,18). The number of carbonyl (C=O) groups excluding carboxylic acids is 1. The van der Waals surface area contributed by atoms with Gasteiger partial charge in [0.2, 0.25) is 5.91 Å². The molecule has 0 saturated heterocycles. The van der Waals surface area contributed by atoms with Crippen LogP contribution in [0.5, 0.6) is 0 Å². The van der Waals surface area contributed by atoms with Gasteiger partial charge < -0.3 is 10.4 Å². The number of aromatic carboxylic acids is 1. The topological polar surface area (TPSA) is 79.3 Å². The number of carbonyl (C=O) groups is 2. The van der Waals surface area contributed by atoms with Gasteiger partial charge in [-0.1, -0.05) is 13.3 Å². The van der Waals surface area contributed by atoms with Gasteiger partial charge in [0, 0.05) is 12.1 Å². The van der Waals surface area contributed by atoms with Crippen LogP contribution in [0.1, 0.15) is 36.5 Å². The van der Waals surface area contributed by atoms with E-state index in [9.17, 15) is 9.59 Å². The van der Waals surface area contributed by atoms with Gasteiger partial charge in [-0.2, -0.15) is 0 Å². The Bertz CT molecular complexity index is 473. The third-order valence-corrected chi connectivity index (χ3v) is 3.51. The minimum atomic E-state index is -1.06. The SMILES string of the molecule is CC1CCCC1C(=O)Nc1cnccc1C(=O)O. The first-order valence-corrected chi connectivity index (χ1v) is 6.07. The average molecular weight is 248 g/mol. The second kappa shape index (κ2) is 5.16. The Balaban J connectivity index is 2.14. The molecular weight excluding hydrogens is 232 g/mol. The van der Waals surface area contributed by atoms with E-state index in [4.69, 9.17) is 5.11 Å². The van der Waals surface area contributed by atoms with Crippen molar-refractivity contribution in [1.29, 1.82) is 0 Å². The summed E-state index contributed by atoms with van der Waals surface area (Å²) >= 11 is 0. The van der Waals surface area contributed by atoms with Crippen LogP contribution in [0.15, 0.2) is 18.5 Å². The first-order valence-electron chi connectivity index (χ1n) is 6.07. The number of nitrogens with one attached hydrogen (secondary N) is 1. The molecule has 0 bridgehead atoms. The van der Waals surface area contributed by atoms with Gasteiger partial charge in [0.15, 0.2) is 0 Å². The van der Waals surface area contributed by atoms with E-state index in [2.05, 4.69) is 17.2 Å². The van der Waals surface area contributed by atoms with E-state index in [1.165, 1.54) is 18.5 Å². The summed E-state index contributed by atoms with van der Waals surface area (Å²) in [5.74, 6) is -0.829. The van der Waals surface area contributed by atoms with E-state index < -0.39 is 5.97 Å². The minimum Gasteiger partial charge on any atom is -0.478 e. The zero-order valence-corrected chi connectivity index (χ0v) is 10.2. The molecule has 1 saturated carbocycles. The molecule has 0 radical (unpaired) electrons. The maximum atomic E-state index is 12.1. The Kier molecular flexibility index (Phi) is 3.60. The molecule has 96 valence electrons. The fourth-order valence-electron chi connectivity index (χ4n) is 2.44. The first kappa shape index (κ1) is 12.5. The lowest BCUT2D eigenvalue weighted by atomic mass is 9.97. The lowest BCUT2D eigenvalue weighted by Crippen LogP contribution is -2.25. The van der Waals surface area contributed by atoms with Crippen molar-refractivity contribution in [1.82, 2.24) is 4.98 Å². The largest absolute Gasteiger partial charge is 0.478 e. The highest BCUT2D eigenvalue weighted by Crippen LogP contribution is 2.32. The minimum absolute atomic E-state index is 0.0214. The number of pyridine rings is 1. The van der Waals surface area contributed by atoms with Gasteiger partial charge >= 0.3 is 5.97 Å². The first-order chi connectivity index (χ1) is 8.59. The molecule has 2 unspecified atom stereocenters. The van der Waals surface area contributed by atoms with Gasteiger partial charge in [-0.05, 0) is 24.8 Å². The molecule has 1 aromatic heterocycles. The van der Waals surface area contributed by atoms with E-state index in [0.29, 0.717) is 5.92 Å². The van der Waals surface area contributed by atoms with Crippen LogP contribution in [0, 0.1) is 11.8 Å². The Hall–Kier alpha value is -1.91.